The Labute approximate surface area is 90.3 Å². The molecule has 1 aliphatic rings. The second-order valence-electron chi connectivity index (χ2n) is 4.53. The van der Waals surface area contributed by atoms with Crippen molar-refractivity contribution in [2.75, 3.05) is 13.2 Å². The lowest BCUT2D eigenvalue weighted by atomic mass is 9.96. The molecule has 1 fully saturated rings. The third kappa shape index (κ3) is 3.30. The van der Waals surface area contributed by atoms with Crippen LogP contribution in [0.15, 0.2) is 0 Å². The van der Waals surface area contributed by atoms with Crippen molar-refractivity contribution in [2.24, 2.45) is 11.8 Å². The fourth-order valence-corrected chi connectivity index (χ4v) is 1.85. The van der Waals surface area contributed by atoms with Gasteiger partial charge in [-0.25, -0.2) is 0 Å². The highest BCUT2D eigenvalue weighted by molar-refractivity contribution is 5.97. The first-order chi connectivity index (χ1) is 7.04. The van der Waals surface area contributed by atoms with E-state index in [2.05, 4.69) is 0 Å². The maximum Gasteiger partial charge on any atom is 0.229 e. The highest BCUT2D eigenvalue weighted by atomic mass is 16.3. The summed E-state index contributed by atoms with van der Waals surface area (Å²) in [7, 11) is 0. The molecule has 1 atom stereocenters. The van der Waals surface area contributed by atoms with E-state index < -0.39 is 0 Å². The Bertz CT molecular complexity index is 234. The van der Waals surface area contributed by atoms with Crippen LogP contribution in [0.25, 0.3) is 0 Å². The Balaban J connectivity index is 2.53. The number of nitrogens with zero attached hydrogens (tertiary/aromatic N) is 1. The quantitative estimate of drug-likeness (QED) is 0.702. The Morgan fingerprint density at radius 1 is 1.40 bits per heavy atom. The molecule has 4 heteroatoms. The molecular weight excluding hydrogens is 194 g/mol. The number of hydrogen-bond donors (Lipinski definition) is 1. The van der Waals surface area contributed by atoms with Gasteiger partial charge >= 0.3 is 0 Å². The van der Waals surface area contributed by atoms with Crippen LogP contribution in [0.3, 0.4) is 0 Å². The van der Waals surface area contributed by atoms with Crippen molar-refractivity contribution in [1.82, 2.24) is 4.90 Å². The van der Waals surface area contributed by atoms with Crippen molar-refractivity contribution in [3.63, 3.8) is 0 Å². The van der Waals surface area contributed by atoms with Gasteiger partial charge in [-0.1, -0.05) is 13.8 Å². The van der Waals surface area contributed by atoms with Crippen molar-refractivity contribution in [1.29, 1.82) is 0 Å². The molecule has 0 saturated carbocycles. The fourth-order valence-electron chi connectivity index (χ4n) is 1.85. The van der Waals surface area contributed by atoms with Gasteiger partial charge in [0.25, 0.3) is 0 Å². The van der Waals surface area contributed by atoms with Gasteiger partial charge in [-0.2, -0.15) is 0 Å². The topological polar surface area (TPSA) is 57.6 Å². The average Bonchev–Trinajstić information content (AvgIpc) is 2.11. The average molecular weight is 213 g/mol. The molecule has 4 nitrogen and oxygen atoms in total. The first-order valence-electron chi connectivity index (χ1n) is 5.48. The van der Waals surface area contributed by atoms with E-state index in [0.29, 0.717) is 25.8 Å². The van der Waals surface area contributed by atoms with Crippen LogP contribution in [0.5, 0.6) is 0 Å². The van der Waals surface area contributed by atoms with E-state index >= 15 is 0 Å². The zero-order valence-corrected chi connectivity index (χ0v) is 9.40. The van der Waals surface area contributed by atoms with E-state index in [1.54, 1.807) is 0 Å². The van der Waals surface area contributed by atoms with Crippen LogP contribution < -0.4 is 0 Å². The summed E-state index contributed by atoms with van der Waals surface area (Å²) in [5.41, 5.74) is 0. The molecular formula is C11H19NO3. The molecule has 0 bridgehead atoms. The second-order valence-corrected chi connectivity index (χ2v) is 4.53. The first kappa shape index (κ1) is 12.2. The Kier molecular flexibility index (Phi) is 4.27. The van der Waals surface area contributed by atoms with E-state index in [1.807, 2.05) is 13.8 Å². The maximum atomic E-state index is 11.6. The number of amides is 2. The summed E-state index contributed by atoms with van der Waals surface area (Å²) in [4.78, 5) is 24.5. The zero-order chi connectivity index (χ0) is 11.4. The zero-order valence-electron chi connectivity index (χ0n) is 9.40. The smallest absolute Gasteiger partial charge is 0.229 e. The van der Waals surface area contributed by atoms with Gasteiger partial charge in [-0.05, 0) is 18.3 Å². The molecule has 1 saturated heterocycles. The summed E-state index contributed by atoms with van der Waals surface area (Å²) in [6.45, 7) is 4.41. The molecule has 0 radical (unpaired) electrons. The van der Waals surface area contributed by atoms with Gasteiger partial charge in [0.1, 0.15) is 0 Å². The molecule has 0 aliphatic carbocycles. The van der Waals surface area contributed by atoms with Crippen molar-refractivity contribution in [3.8, 4) is 0 Å². The van der Waals surface area contributed by atoms with Crippen LogP contribution in [0, 0.1) is 11.8 Å². The Morgan fingerprint density at radius 3 is 2.40 bits per heavy atom. The summed E-state index contributed by atoms with van der Waals surface area (Å²) >= 11 is 0. The minimum atomic E-state index is -0.0662. The molecule has 1 unspecified atom stereocenters. The molecule has 1 heterocycles. The number of hydrogen-bond acceptors (Lipinski definition) is 3. The van der Waals surface area contributed by atoms with Crippen molar-refractivity contribution in [3.05, 3.63) is 0 Å². The summed E-state index contributed by atoms with van der Waals surface area (Å²) in [6.07, 6.45) is 1.57. The van der Waals surface area contributed by atoms with Gasteiger partial charge in [-0.15, -0.1) is 0 Å². The van der Waals surface area contributed by atoms with Gasteiger partial charge in [0, 0.05) is 26.0 Å². The van der Waals surface area contributed by atoms with Gasteiger partial charge in [0.2, 0.25) is 11.8 Å². The minimum Gasteiger partial charge on any atom is -0.396 e. The van der Waals surface area contributed by atoms with Crippen LogP contribution in [-0.2, 0) is 9.59 Å². The number of rotatable bonds is 4. The van der Waals surface area contributed by atoms with E-state index in [0.717, 1.165) is 0 Å². The van der Waals surface area contributed by atoms with E-state index in [-0.39, 0.29) is 30.3 Å². The second kappa shape index (κ2) is 5.26. The number of carbonyl (C=O) groups excluding carboxylic acids is 2. The fraction of sp³-hybridized carbons (Fsp3) is 0.818. The molecule has 1 N–H and O–H groups in total. The predicted octanol–water partition coefficient (Wildman–Crippen LogP) is 0.790. The van der Waals surface area contributed by atoms with Crippen molar-refractivity contribution < 1.29 is 14.7 Å². The molecule has 1 rings (SSSR count). The lowest BCUT2D eigenvalue weighted by Gasteiger charge is -2.30. The first-order valence-corrected chi connectivity index (χ1v) is 5.48. The third-order valence-corrected chi connectivity index (χ3v) is 2.76. The predicted molar refractivity (Wildman–Crippen MR) is 56.0 cm³/mol. The third-order valence-electron chi connectivity index (χ3n) is 2.76. The molecule has 15 heavy (non-hydrogen) atoms. The number of piperidine rings is 1. The van der Waals surface area contributed by atoms with Crippen molar-refractivity contribution in [2.45, 2.75) is 33.1 Å². The van der Waals surface area contributed by atoms with E-state index in [1.165, 1.54) is 4.90 Å². The van der Waals surface area contributed by atoms with Gasteiger partial charge < -0.3 is 5.11 Å². The summed E-state index contributed by atoms with van der Waals surface area (Å²) < 4.78 is 0. The molecule has 0 spiro atoms. The van der Waals surface area contributed by atoms with Crippen LogP contribution in [0.4, 0.5) is 0 Å². The lowest BCUT2D eigenvalue weighted by Crippen LogP contribution is -2.44. The highest BCUT2D eigenvalue weighted by Gasteiger charge is 2.30. The summed E-state index contributed by atoms with van der Waals surface area (Å²) in [5, 5.41) is 8.75. The molecule has 0 aromatic carbocycles. The van der Waals surface area contributed by atoms with E-state index in [4.69, 9.17) is 5.11 Å². The van der Waals surface area contributed by atoms with Crippen LogP contribution >= 0.6 is 0 Å². The van der Waals surface area contributed by atoms with Crippen molar-refractivity contribution >= 4 is 11.8 Å². The maximum absolute atomic E-state index is 11.6. The number of likely N-dealkylation sites (tertiary alicyclic amines) is 1. The molecule has 2 amide bonds. The molecule has 1 aliphatic heterocycles. The number of aliphatic hydroxyl groups is 1. The van der Waals surface area contributed by atoms with Gasteiger partial charge in [0.15, 0.2) is 0 Å². The monoisotopic (exact) mass is 213 g/mol. The summed E-state index contributed by atoms with van der Waals surface area (Å²) in [6, 6.07) is 0. The normalized spacial score (nSPS) is 20.9. The molecule has 0 aromatic heterocycles. The number of aliphatic hydroxyl groups excluding tert-OH is 1. The summed E-state index contributed by atoms with van der Waals surface area (Å²) in [5.74, 6) is 0.220. The van der Waals surface area contributed by atoms with Crippen LogP contribution in [-0.4, -0.2) is 35.0 Å². The largest absolute Gasteiger partial charge is 0.396 e. The number of imide groups is 1. The molecule has 0 aromatic rings. The SMILES string of the molecule is CC1CC(=O)N(CC(C)CCO)C(=O)C1. The Morgan fingerprint density at radius 2 is 1.93 bits per heavy atom. The van der Waals surface area contributed by atoms with E-state index in [9.17, 15) is 9.59 Å². The van der Waals surface area contributed by atoms with Crippen LogP contribution in [0.2, 0.25) is 0 Å². The standard InChI is InChI=1S/C11H19NO3/c1-8(3-4-13)7-12-10(14)5-9(2)6-11(12)15/h8-9,13H,3-7H2,1-2H3. The van der Waals surface area contributed by atoms with Gasteiger partial charge in [-0.3, -0.25) is 14.5 Å². The highest BCUT2D eigenvalue weighted by Crippen LogP contribution is 2.20. The van der Waals surface area contributed by atoms with Gasteiger partial charge in [0.05, 0.1) is 0 Å². The van der Waals surface area contributed by atoms with Crippen LogP contribution in [0.1, 0.15) is 33.1 Å². The molecule has 86 valence electrons. The number of carbonyl (C=O) groups is 2. The minimum absolute atomic E-state index is 0.0662. The Hall–Kier alpha value is -0.900. The lowest BCUT2D eigenvalue weighted by molar-refractivity contribution is -0.150.